The van der Waals surface area contributed by atoms with Crippen LogP contribution in [0.5, 0.6) is 17.5 Å². The molecule has 34 heavy (non-hydrogen) atoms. The minimum atomic E-state index is -4.29. The Balaban J connectivity index is 2.03. The van der Waals surface area contributed by atoms with E-state index < -0.39 is 21.5 Å². The van der Waals surface area contributed by atoms with Gasteiger partial charge in [0.2, 0.25) is 11.8 Å². The van der Waals surface area contributed by atoms with E-state index >= 15 is 0 Å². The number of aromatic nitrogens is 2. The Bertz CT molecular complexity index is 1320. The fraction of sp³-hybridized carbons (Fsp3) is 0.292. The van der Waals surface area contributed by atoms with E-state index in [2.05, 4.69) is 9.97 Å². The zero-order valence-electron chi connectivity index (χ0n) is 20.0. The van der Waals surface area contributed by atoms with Crippen molar-refractivity contribution in [3.63, 3.8) is 0 Å². The first-order valence-corrected chi connectivity index (χ1v) is 12.0. The number of benzene rings is 1. The number of rotatable bonds is 6. The highest BCUT2D eigenvalue weighted by Gasteiger charge is 2.25. The number of pyridine rings is 2. The second-order valence-electron chi connectivity index (χ2n) is 8.88. The number of nitrogens with one attached hydrogen (secondary N) is 1. The van der Waals surface area contributed by atoms with Gasteiger partial charge in [0.15, 0.2) is 5.03 Å². The number of sulfonamides is 1. The maximum Gasteiger partial charge on any atom is 0.281 e. The molecule has 0 aliphatic rings. The summed E-state index contributed by atoms with van der Waals surface area (Å²) in [5.41, 5.74) is 7.67. The van der Waals surface area contributed by atoms with E-state index in [1.54, 1.807) is 0 Å². The number of anilines is 1. The van der Waals surface area contributed by atoms with Crippen molar-refractivity contribution in [1.82, 2.24) is 14.7 Å². The Morgan fingerprint density at radius 3 is 2.24 bits per heavy atom. The van der Waals surface area contributed by atoms with Crippen LogP contribution in [0.3, 0.4) is 0 Å². The number of amides is 1. The third-order valence-electron chi connectivity index (χ3n) is 4.54. The quantitative estimate of drug-likeness (QED) is 0.535. The summed E-state index contributed by atoms with van der Waals surface area (Å²) in [7, 11) is -4.29. The molecule has 1 amide bonds. The molecule has 0 spiro atoms. The van der Waals surface area contributed by atoms with Crippen LogP contribution in [0, 0.1) is 20.8 Å². The van der Waals surface area contributed by atoms with Crippen LogP contribution in [0.2, 0.25) is 0 Å². The normalized spacial score (nSPS) is 11.7. The van der Waals surface area contributed by atoms with Crippen LogP contribution in [-0.4, -0.2) is 29.9 Å². The highest BCUT2D eigenvalue weighted by molar-refractivity contribution is 7.90. The van der Waals surface area contributed by atoms with E-state index in [4.69, 9.17) is 15.2 Å². The van der Waals surface area contributed by atoms with Crippen molar-refractivity contribution in [2.24, 2.45) is 0 Å². The number of nitrogens with zero attached hydrogens (tertiary/aromatic N) is 2. The Morgan fingerprint density at radius 2 is 1.65 bits per heavy atom. The van der Waals surface area contributed by atoms with E-state index in [-0.39, 0.29) is 28.2 Å². The summed E-state index contributed by atoms with van der Waals surface area (Å²) in [5.74, 6) is -0.279. The number of ether oxygens (including phenoxy) is 2. The van der Waals surface area contributed by atoms with Crippen molar-refractivity contribution in [3.8, 4) is 17.5 Å². The number of carbonyl (C=O) groups is 1. The van der Waals surface area contributed by atoms with E-state index in [0.29, 0.717) is 5.75 Å². The Hall–Kier alpha value is -3.66. The van der Waals surface area contributed by atoms with Crippen LogP contribution in [0.1, 0.15) is 47.8 Å². The standard InChI is InChI=1S/C24H28N4O5S/c1-14-12-15(2)21(16(3)13-14)32-23-17(10-11-19(27-23)33-24(4,5)6)22(29)28-34(30,31)20-9-7-8-18(25)26-20/h7-13H,1-6H3,(H2,25,26)(H,28,29). The number of aryl methyl sites for hydroxylation is 3. The van der Waals surface area contributed by atoms with Gasteiger partial charge in [-0.25, -0.2) is 9.71 Å². The summed E-state index contributed by atoms with van der Waals surface area (Å²) in [5, 5.41) is -0.380. The molecule has 2 heterocycles. The van der Waals surface area contributed by atoms with Gasteiger partial charge in [0.05, 0.1) is 0 Å². The fourth-order valence-corrected chi connectivity index (χ4v) is 4.22. The zero-order valence-corrected chi connectivity index (χ0v) is 20.8. The van der Waals surface area contributed by atoms with Gasteiger partial charge in [-0.05, 0) is 70.9 Å². The first-order valence-electron chi connectivity index (χ1n) is 10.5. The largest absolute Gasteiger partial charge is 0.472 e. The highest BCUT2D eigenvalue weighted by atomic mass is 32.2. The van der Waals surface area contributed by atoms with Crippen molar-refractivity contribution in [3.05, 3.63) is 64.7 Å². The number of nitrogens with two attached hydrogens (primary N) is 1. The van der Waals surface area contributed by atoms with Crippen LogP contribution in [0.4, 0.5) is 5.82 Å². The lowest BCUT2D eigenvalue weighted by Gasteiger charge is -2.21. The summed E-state index contributed by atoms with van der Waals surface area (Å²) in [4.78, 5) is 21.2. The van der Waals surface area contributed by atoms with Crippen molar-refractivity contribution in [2.45, 2.75) is 52.2 Å². The van der Waals surface area contributed by atoms with E-state index in [1.807, 2.05) is 58.4 Å². The summed E-state index contributed by atoms with van der Waals surface area (Å²) in [6.07, 6.45) is 0. The molecule has 0 saturated carbocycles. The molecule has 0 atom stereocenters. The second kappa shape index (κ2) is 9.30. The molecule has 180 valence electrons. The first kappa shape index (κ1) is 25.0. The maximum absolute atomic E-state index is 13.0. The Morgan fingerprint density at radius 1 is 1.00 bits per heavy atom. The van der Waals surface area contributed by atoms with Crippen LogP contribution in [0.25, 0.3) is 0 Å². The second-order valence-corrected chi connectivity index (χ2v) is 10.5. The summed E-state index contributed by atoms with van der Waals surface area (Å²) in [6, 6.07) is 10.9. The van der Waals surface area contributed by atoms with E-state index in [1.165, 1.54) is 30.3 Å². The van der Waals surface area contributed by atoms with Gasteiger partial charge in [-0.3, -0.25) is 4.79 Å². The smallest absolute Gasteiger partial charge is 0.281 e. The molecule has 2 aromatic heterocycles. The SMILES string of the molecule is Cc1cc(C)c(Oc2nc(OC(C)(C)C)ccc2C(=O)NS(=O)(=O)c2cccc(N)n2)c(C)c1. The van der Waals surface area contributed by atoms with Crippen LogP contribution < -0.4 is 19.9 Å². The molecule has 0 unspecified atom stereocenters. The molecule has 3 N–H and O–H groups in total. The van der Waals surface area contributed by atoms with E-state index in [0.717, 1.165) is 16.7 Å². The molecule has 0 saturated heterocycles. The lowest BCUT2D eigenvalue weighted by atomic mass is 10.1. The van der Waals surface area contributed by atoms with Gasteiger partial charge >= 0.3 is 0 Å². The van der Waals surface area contributed by atoms with E-state index in [9.17, 15) is 13.2 Å². The monoisotopic (exact) mass is 484 g/mol. The van der Waals surface area contributed by atoms with Gasteiger partial charge in [-0.1, -0.05) is 23.8 Å². The number of hydrogen-bond donors (Lipinski definition) is 2. The van der Waals surface area contributed by atoms with Crippen molar-refractivity contribution < 1.29 is 22.7 Å². The molecule has 0 radical (unpaired) electrons. The molecule has 10 heteroatoms. The van der Waals surface area contributed by atoms with Crippen molar-refractivity contribution in [2.75, 3.05) is 5.73 Å². The van der Waals surface area contributed by atoms with Crippen LogP contribution in [0.15, 0.2) is 47.5 Å². The molecule has 0 aliphatic heterocycles. The number of nitrogen functional groups attached to an aromatic ring is 1. The molecule has 0 fully saturated rings. The predicted octanol–water partition coefficient (Wildman–Crippen LogP) is 4.07. The zero-order chi connectivity index (χ0) is 25.3. The molecule has 1 aromatic carbocycles. The molecule has 3 rings (SSSR count). The molecule has 9 nitrogen and oxygen atoms in total. The number of hydrogen-bond acceptors (Lipinski definition) is 8. The summed E-state index contributed by atoms with van der Waals surface area (Å²) < 4.78 is 39.3. The fourth-order valence-electron chi connectivity index (χ4n) is 3.28. The minimum absolute atomic E-state index is 0.00927. The van der Waals surface area contributed by atoms with Gasteiger partial charge in [0, 0.05) is 6.07 Å². The minimum Gasteiger partial charge on any atom is -0.472 e. The maximum atomic E-state index is 13.0. The molecule has 3 aromatic rings. The number of carbonyl (C=O) groups excluding carboxylic acids is 1. The third kappa shape index (κ3) is 6.02. The Kier molecular flexibility index (Phi) is 6.83. The lowest BCUT2D eigenvalue weighted by molar-refractivity contribution is 0.0977. The van der Waals surface area contributed by atoms with Crippen LogP contribution >= 0.6 is 0 Å². The molecule has 0 bridgehead atoms. The first-order chi connectivity index (χ1) is 15.7. The van der Waals surface area contributed by atoms with Crippen LogP contribution in [-0.2, 0) is 10.0 Å². The molecule has 0 aliphatic carbocycles. The van der Waals surface area contributed by atoms with Crippen molar-refractivity contribution in [1.29, 1.82) is 0 Å². The third-order valence-corrected chi connectivity index (χ3v) is 5.77. The predicted molar refractivity (Wildman–Crippen MR) is 129 cm³/mol. The molecular weight excluding hydrogens is 456 g/mol. The van der Waals surface area contributed by atoms with Crippen molar-refractivity contribution >= 4 is 21.7 Å². The van der Waals surface area contributed by atoms with Gasteiger partial charge < -0.3 is 15.2 Å². The highest BCUT2D eigenvalue weighted by Crippen LogP contribution is 2.32. The lowest BCUT2D eigenvalue weighted by Crippen LogP contribution is -2.31. The van der Waals surface area contributed by atoms with Gasteiger partial charge in [0.25, 0.3) is 15.9 Å². The topological polar surface area (TPSA) is 134 Å². The van der Waals surface area contributed by atoms with Gasteiger partial charge in [-0.2, -0.15) is 13.4 Å². The van der Waals surface area contributed by atoms with Gasteiger partial charge in [-0.15, -0.1) is 0 Å². The van der Waals surface area contributed by atoms with Gasteiger partial charge in [0.1, 0.15) is 22.7 Å². The summed E-state index contributed by atoms with van der Waals surface area (Å²) in [6.45, 7) is 11.3. The average Bonchev–Trinajstić information content (AvgIpc) is 2.69. The summed E-state index contributed by atoms with van der Waals surface area (Å²) >= 11 is 0. The molecular formula is C24H28N4O5S. The Labute approximate surface area is 199 Å². The average molecular weight is 485 g/mol.